The zero-order valence-corrected chi connectivity index (χ0v) is 33.5. The van der Waals surface area contributed by atoms with Gasteiger partial charge in [0, 0.05) is 69.1 Å². The zero-order valence-electron chi connectivity index (χ0n) is 33.5. The smallest absolute Gasteiger partial charge is 0.0463 e. The number of anilines is 9. The fraction of sp³-hybridized carbons (Fsp3) is 0.127. The van der Waals surface area contributed by atoms with E-state index in [1.165, 1.54) is 54.0 Å². The first kappa shape index (κ1) is 37.5. The SMILES string of the molecule is C1=C(CN(c2ccccc2)c2ccc(N(C3=CC=C(N(c4ccccc4)c4ccccc4)CC3)c3ccc(N(c4ccccc4)c4ccccc4)cc3)cc2)CCCC1. The number of allylic oxidation sites excluding steroid dienone is 5. The number of benzene rings is 7. The minimum atomic E-state index is 0.885. The van der Waals surface area contributed by atoms with Crippen molar-refractivity contribution >= 4 is 51.2 Å². The maximum absolute atomic E-state index is 2.47. The summed E-state index contributed by atoms with van der Waals surface area (Å²) >= 11 is 0. The monoisotopic (exact) mass is 766 g/mol. The highest BCUT2D eigenvalue weighted by molar-refractivity contribution is 5.80. The Morgan fingerprint density at radius 2 is 0.627 bits per heavy atom. The Labute approximate surface area is 349 Å². The lowest BCUT2D eigenvalue weighted by Crippen LogP contribution is -2.23. The van der Waals surface area contributed by atoms with Crippen LogP contribution in [0.2, 0.25) is 0 Å². The molecule has 4 heteroatoms. The number of para-hydroxylation sites is 5. The van der Waals surface area contributed by atoms with Crippen molar-refractivity contribution in [2.75, 3.05) is 26.1 Å². The van der Waals surface area contributed by atoms with E-state index in [9.17, 15) is 0 Å². The highest BCUT2D eigenvalue weighted by Crippen LogP contribution is 2.41. The second-order valence-corrected chi connectivity index (χ2v) is 15.2. The standard InChI is InChI=1S/C55H50N4/c1-7-19-44(20-8-1)43-56(45-21-9-2-10-22-45)46-31-33-51(34-32-46)59(54-39-35-52(36-40-54)57(47-23-11-3-12-24-47)48-25-13-4-14-26-48)55-41-37-53(38-42-55)58(49-27-15-5-16-28-49)50-29-17-6-18-30-50/h2-6,9-19,21-37,39-41H,1,7-8,20,38,42-43H2. The van der Waals surface area contributed by atoms with Crippen molar-refractivity contribution in [2.24, 2.45) is 0 Å². The third-order valence-electron chi connectivity index (χ3n) is 11.3. The van der Waals surface area contributed by atoms with Crippen LogP contribution in [0.5, 0.6) is 0 Å². The molecule has 9 rings (SSSR count). The summed E-state index contributed by atoms with van der Waals surface area (Å²) in [5, 5.41) is 0. The van der Waals surface area contributed by atoms with Crippen LogP contribution in [0.15, 0.2) is 235 Å². The van der Waals surface area contributed by atoms with E-state index in [0.717, 1.165) is 59.2 Å². The molecular formula is C55H50N4. The molecule has 4 nitrogen and oxygen atoms in total. The van der Waals surface area contributed by atoms with Crippen LogP contribution in [-0.2, 0) is 0 Å². The van der Waals surface area contributed by atoms with Gasteiger partial charge in [0.25, 0.3) is 0 Å². The quantitative estimate of drug-likeness (QED) is 0.108. The Hall–Kier alpha value is -7.04. The van der Waals surface area contributed by atoms with Crippen LogP contribution in [0.25, 0.3) is 0 Å². The van der Waals surface area contributed by atoms with E-state index in [0.29, 0.717) is 0 Å². The van der Waals surface area contributed by atoms with E-state index < -0.39 is 0 Å². The summed E-state index contributed by atoms with van der Waals surface area (Å²) in [6, 6.07) is 71.7. The molecule has 2 aliphatic rings. The molecule has 7 aromatic rings. The molecule has 2 aliphatic carbocycles. The Morgan fingerprint density at radius 1 is 0.305 bits per heavy atom. The summed E-state index contributed by atoms with van der Waals surface area (Å²) < 4.78 is 0. The second kappa shape index (κ2) is 18.0. The van der Waals surface area contributed by atoms with Crippen molar-refractivity contribution in [3.05, 3.63) is 235 Å². The van der Waals surface area contributed by atoms with Crippen molar-refractivity contribution in [3.8, 4) is 0 Å². The second-order valence-electron chi connectivity index (χ2n) is 15.2. The molecule has 290 valence electrons. The summed E-state index contributed by atoms with van der Waals surface area (Å²) in [6.45, 7) is 0.909. The van der Waals surface area contributed by atoms with Gasteiger partial charge in [-0.15, -0.1) is 0 Å². The van der Waals surface area contributed by atoms with Crippen LogP contribution in [0, 0.1) is 0 Å². The number of nitrogens with zero attached hydrogens (tertiary/aromatic N) is 4. The molecule has 0 saturated heterocycles. The molecule has 0 N–H and O–H groups in total. The third-order valence-corrected chi connectivity index (χ3v) is 11.3. The summed E-state index contributed by atoms with van der Waals surface area (Å²) in [5.41, 5.74) is 14.4. The summed E-state index contributed by atoms with van der Waals surface area (Å²) in [6.07, 6.45) is 13.8. The molecule has 59 heavy (non-hydrogen) atoms. The minimum Gasteiger partial charge on any atom is -0.337 e. The van der Waals surface area contributed by atoms with Crippen LogP contribution in [0.3, 0.4) is 0 Å². The molecule has 0 bridgehead atoms. The Morgan fingerprint density at radius 3 is 1.00 bits per heavy atom. The summed E-state index contributed by atoms with van der Waals surface area (Å²) in [7, 11) is 0. The Kier molecular flexibility index (Phi) is 11.5. The van der Waals surface area contributed by atoms with Crippen LogP contribution in [0.1, 0.15) is 38.5 Å². The average Bonchev–Trinajstić information content (AvgIpc) is 3.32. The maximum atomic E-state index is 2.47. The lowest BCUT2D eigenvalue weighted by Gasteiger charge is -2.34. The molecule has 7 aromatic carbocycles. The van der Waals surface area contributed by atoms with Gasteiger partial charge in [-0.25, -0.2) is 0 Å². The van der Waals surface area contributed by atoms with Crippen LogP contribution >= 0.6 is 0 Å². The fourth-order valence-electron chi connectivity index (χ4n) is 8.43. The van der Waals surface area contributed by atoms with Gasteiger partial charge in [0.15, 0.2) is 0 Å². The van der Waals surface area contributed by atoms with Crippen molar-refractivity contribution < 1.29 is 0 Å². The summed E-state index contributed by atoms with van der Waals surface area (Å²) in [5.74, 6) is 0. The molecule has 0 aromatic heterocycles. The number of rotatable bonds is 13. The zero-order chi connectivity index (χ0) is 39.6. The predicted molar refractivity (Wildman–Crippen MR) is 250 cm³/mol. The van der Waals surface area contributed by atoms with E-state index in [4.69, 9.17) is 0 Å². The highest BCUT2D eigenvalue weighted by atomic mass is 15.2. The normalized spacial score (nSPS) is 13.7. The maximum Gasteiger partial charge on any atom is 0.0463 e. The van der Waals surface area contributed by atoms with E-state index in [-0.39, 0.29) is 0 Å². The minimum absolute atomic E-state index is 0.885. The number of hydrogen-bond acceptors (Lipinski definition) is 4. The van der Waals surface area contributed by atoms with Gasteiger partial charge in [-0.2, -0.15) is 0 Å². The van der Waals surface area contributed by atoms with E-state index in [2.05, 4.69) is 238 Å². The first-order chi connectivity index (χ1) is 29.3. The van der Waals surface area contributed by atoms with Gasteiger partial charge in [0.1, 0.15) is 0 Å². The largest absolute Gasteiger partial charge is 0.337 e. The molecule has 0 amide bonds. The number of hydrogen-bond donors (Lipinski definition) is 0. The van der Waals surface area contributed by atoms with Crippen LogP contribution in [-0.4, -0.2) is 6.54 Å². The molecule has 0 fully saturated rings. The first-order valence-electron chi connectivity index (χ1n) is 21.0. The van der Waals surface area contributed by atoms with Crippen molar-refractivity contribution in [3.63, 3.8) is 0 Å². The molecule has 0 saturated carbocycles. The lowest BCUT2D eigenvalue weighted by molar-refractivity contribution is 0.688. The molecule has 0 heterocycles. The molecule has 0 unspecified atom stereocenters. The molecule has 0 radical (unpaired) electrons. The van der Waals surface area contributed by atoms with Crippen molar-refractivity contribution in [1.29, 1.82) is 0 Å². The average molecular weight is 767 g/mol. The molecule has 0 aliphatic heterocycles. The molecule has 0 spiro atoms. The van der Waals surface area contributed by atoms with E-state index in [1.807, 2.05) is 0 Å². The Balaban J connectivity index is 1.10. The van der Waals surface area contributed by atoms with Gasteiger partial charge in [0.05, 0.1) is 0 Å². The third kappa shape index (κ3) is 8.63. The van der Waals surface area contributed by atoms with Gasteiger partial charge >= 0.3 is 0 Å². The van der Waals surface area contributed by atoms with Gasteiger partial charge in [-0.05, 0) is 160 Å². The first-order valence-corrected chi connectivity index (χ1v) is 21.0. The topological polar surface area (TPSA) is 13.0 Å². The van der Waals surface area contributed by atoms with Gasteiger partial charge in [0.2, 0.25) is 0 Å². The van der Waals surface area contributed by atoms with Gasteiger partial charge < -0.3 is 19.6 Å². The fourth-order valence-corrected chi connectivity index (χ4v) is 8.43. The van der Waals surface area contributed by atoms with E-state index >= 15 is 0 Å². The van der Waals surface area contributed by atoms with Crippen LogP contribution in [0.4, 0.5) is 51.2 Å². The van der Waals surface area contributed by atoms with Crippen LogP contribution < -0.4 is 19.6 Å². The highest BCUT2D eigenvalue weighted by Gasteiger charge is 2.23. The molecular weight excluding hydrogens is 717 g/mol. The van der Waals surface area contributed by atoms with E-state index in [1.54, 1.807) is 0 Å². The van der Waals surface area contributed by atoms with Gasteiger partial charge in [-0.3, -0.25) is 0 Å². The lowest BCUT2D eigenvalue weighted by atomic mass is 9.98. The predicted octanol–water partition coefficient (Wildman–Crippen LogP) is 15.3. The van der Waals surface area contributed by atoms with Crippen molar-refractivity contribution in [1.82, 2.24) is 0 Å². The van der Waals surface area contributed by atoms with Gasteiger partial charge in [-0.1, -0.05) is 103 Å². The molecule has 0 atom stereocenters. The summed E-state index contributed by atoms with van der Waals surface area (Å²) in [4.78, 5) is 9.63. The Bertz CT molecular complexity index is 2420. The van der Waals surface area contributed by atoms with Crippen molar-refractivity contribution in [2.45, 2.75) is 38.5 Å².